The van der Waals surface area contributed by atoms with E-state index in [2.05, 4.69) is 25.1 Å². The van der Waals surface area contributed by atoms with Gasteiger partial charge in [-0.3, -0.25) is 5.10 Å². The topological polar surface area (TPSA) is 93.4 Å². The molecule has 6 nitrogen and oxygen atoms in total. The van der Waals surface area contributed by atoms with Crippen LogP contribution in [0.4, 0.5) is 5.82 Å². The predicted molar refractivity (Wildman–Crippen MR) is 70.5 cm³/mol. The molecule has 2 aromatic rings. The monoisotopic (exact) mass is 264 g/mol. The molecule has 0 spiro atoms. The van der Waals surface area contributed by atoms with E-state index in [0.717, 1.165) is 22.2 Å². The summed E-state index contributed by atoms with van der Waals surface area (Å²) < 4.78 is 0. The Balaban J connectivity index is 2.37. The van der Waals surface area contributed by atoms with Crippen LogP contribution < -0.4 is 5.73 Å². The number of hydrogen-bond acceptors (Lipinski definition) is 6. The quantitative estimate of drug-likeness (QED) is 0.824. The van der Waals surface area contributed by atoms with E-state index >= 15 is 0 Å². The second-order valence-corrected chi connectivity index (χ2v) is 5.31. The van der Waals surface area contributed by atoms with Gasteiger partial charge in [-0.15, -0.1) is 5.10 Å². The molecule has 0 aliphatic rings. The van der Waals surface area contributed by atoms with Gasteiger partial charge in [-0.2, -0.15) is 0 Å². The van der Waals surface area contributed by atoms with Gasteiger partial charge >= 0.3 is 0 Å². The van der Waals surface area contributed by atoms with Crippen molar-refractivity contribution in [3.05, 3.63) is 17.2 Å². The molecular weight excluding hydrogens is 248 g/mol. The summed E-state index contributed by atoms with van der Waals surface area (Å²) in [5, 5.41) is 8.34. The maximum atomic E-state index is 5.91. The highest BCUT2D eigenvalue weighted by molar-refractivity contribution is 7.99. The second kappa shape index (κ2) is 4.93. The molecule has 0 aliphatic heterocycles. The Labute approximate surface area is 110 Å². The minimum Gasteiger partial charge on any atom is -0.383 e. The summed E-state index contributed by atoms with van der Waals surface area (Å²) >= 11 is 1.40. The number of anilines is 1. The van der Waals surface area contributed by atoms with E-state index in [4.69, 9.17) is 5.73 Å². The molecule has 2 rings (SSSR count). The molecular formula is C11H16N6S. The van der Waals surface area contributed by atoms with Gasteiger partial charge in [0, 0.05) is 11.5 Å². The Bertz CT molecular complexity index is 563. The number of aromatic amines is 1. The summed E-state index contributed by atoms with van der Waals surface area (Å²) in [4.78, 5) is 13.0. The Morgan fingerprint density at radius 3 is 2.44 bits per heavy atom. The highest BCUT2D eigenvalue weighted by Crippen LogP contribution is 2.29. The third-order valence-corrected chi connectivity index (χ3v) is 3.39. The van der Waals surface area contributed by atoms with E-state index in [9.17, 15) is 0 Å². The summed E-state index contributed by atoms with van der Waals surface area (Å²) in [7, 11) is 0. The number of nitrogens with zero attached hydrogens (tertiary/aromatic N) is 4. The van der Waals surface area contributed by atoms with E-state index in [-0.39, 0.29) is 5.92 Å². The molecule has 3 N–H and O–H groups in total. The largest absolute Gasteiger partial charge is 0.383 e. The van der Waals surface area contributed by atoms with Gasteiger partial charge in [-0.1, -0.05) is 13.8 Å². The van der Waals surface area contributed by atoms with Crippen LogP contribution in [-0.2, 0) is 0 Å². The van der Waals surface area contributed by atoms with Gasteiger partial charge in [0.05, 0.1) is 0 Å². The van der Waals surface area contributed by atoms with Crippen LogP contribution in [0.25, 0.3) is 0 Å². The first-order chi connectivity index (χ1) is 8.47. The van der Waals surface area contributed by atoms with Crippen LogP contribution in [0.5, 0.6) is 0 Å². The second-order valence-electron chi connectivity index (χ2n) is 4.36. The van der Waals surface area contributed by atoms with Crippen molar-refractivity contribution in [1.29, 1.82) is 0 Å². The van der Waals surface area contributed by atoms with Crippen LogP contribution in [0.2, 0.25) is 0 Å². The first kappa shape index (κ1) is 12.8. The number of H-pyrrole nitrogens is 1. The number of nitrogens with one attached hydrogen (secondary N) is 1. The average Bonchev–Trinajstić information content (AvgIpc) is 2.70. The first-order valence-electron chi connectivity index (χ1n) is 5.68. The predicted octanol–water partition coefficient (Wildman–Crippen LogP) is 2.07. The summed E-state index contributed by atoms with van der Waals surface area (Å²) in [6, 6.07) is 0. The van der Waals surface area contributed by atoms with Crippen molar-refractivity contribution < 1.29 is 0 Å². The summed E-state index contributed by atoms with van der Waals surface area (Å²) in [6.45, 7) is 7.84. The number of aromatic nitrogens is 5. The van der Waals surface area contributed by atoms with Gasteiger partial charge in [0.2, 0.25) is 5.16 Å². The molecule has 2 heterocycles. The van der Waals surface area contributed by atoms with Crippen molar-refractivity contribution in [3.63, 3.8) is 0 Å². The fourth-order valence-electron chi connectivity index (χ4n) is 1.34. The number of aryl methyl sites for hydroxylation is 1. The third-order valence-electron chi connectivity index (χ3n) is 2.44. The third kappa shape index (κ3) is 2.61. The maximum Gasteiger partial charge on any atom is 0.214 e. The fraction of sp³-hybridized carbons (Fsp3) is 0.455. The molecule has 0 radical (unpaired) electrons. The summed E-state index contributed by atoms with van der Waals surface area (Å²) in [5.74, 6) is 2.28. The van der Waals surface area contributed by atoms with E-state index in [1.807, 2.05) is 27.7 Å². The molecule has 7 heteroatoms. The number of nitrogens with two attached hydrogens (primary N) is 1. The van der Waals surface area contributed by atoms with Crippen LogP contribution in [0.15, 0.2) is 10.2 Å². The highest BCUT2D eigenvalue weighted by Gasteiger charge is 2.14. The molecule has 0 unspecified atom stereocenters. The molecule has 0 atom stereocenters. The zero-order valence-corrected chi connectivity index (χ0v) is 11.7. The number of nitrogen functional groups attached to an aromatic ring is 1. The fourth-order valence-corrected chi connectivity index (χ4v) is 2.19. The minimum atomic E-state index is 0.237. The Morgan fingerprint density at radius 2 is 1.89 bits per heavy atom. The van der Waals surface area contributed by atoms with Crippen molar-refractivity contribution in [2.24, 2.45) is 0 Å². The Morgan fingerprint density at radius 1 is 1.17 bits per heavy atom. The van der Waals surface area contributed by atoms with Crippen molar-refractivity contribution >= 4 is 17.6 Å². The lowest BCUT2D eigenvalue weighted by Crippen LogP contribution is -2.05. The maximum absolute atomic E-state index is 5.91. The van der Waals surface area contributed by atoms with E-state index < -0.39 is 0 Å². The van der Waals surface area contributed by atoms with Crippen LogP contribution >= 0.6 is 11.8 Å². The van der Waals surface area contributed by atoms with Gasteiger partial charge in [0.25, 0.3) is 0 Å². The Kier molecular flexibility index (Phi) is 3.51. The smallest absolute Gasteiger partial charge is 0.214 e. The highest BCUT2D eigenvalue weighted by atomic mass is 32.2. The molecule has 0 saturated carbocycles. The summed E-state index contributed by atoms with van der Waals surface area (Å²) in [5.41, 5.74) is 6.77. The zero-order chi connectivity index (χ0) is 13.3. The zero-order valence-electron chi connectivity index (χ0n) is 10.9. The van der Waals surface area contributed by atoms with Crippen LogP contribution in [0, 0.1) is 13.8 Å². The summed E-state index contributed by atoms with van der Waals surface area (Å²) in [6.07, 6.45) is 0. The first-order valence-corrected chi connectivity index (χ1v) is 6.50. The van der Waals surface area contributed by atoms with Gasteiger partial charge in [0.1, 0.15) is 22.5 Å². The van der Waals surface area contributed by atoms with Crippen LogP contribution in [0.1, 0.15) is 37.0 Å². The normalized spacial score (nSPS) is 11.2. The van der Waals surface area contributed by atoms with Crippen molar-refractivity contribution in [3.8, 4) is 0 Å². The van der Waals surface area contributed by atoms with Crippen molar-refractivity contribution in [2.45, 2.75) is 43.8 Å². The van der Waals surface area contributed by atoms with E-state index in [0.29, 0.717) is 11.0 Å². The van der Waals surface area contributed by atoms with Gasteiger partial charge in [-0.05, 0) is 25.6 Å². The van der Waals surface area contributed by atoms with E-state index in [1.165, 1.54) is 11.8 Å². The molecule has 18 heavy (non-hydrogen) atoms. The van der Waals surface area contributed by atoms with Gasteiger partial charge in [0.15, 0.2) is 0 Å². The van der Waals surface area contributed by atoms with Crippen molar-refractivity contribution in [2.75, 3.05) is 5.73 Å². The molecule has 2 aromatic heterocycles. The standard InChI is InChI=1S/C11H16N6S/c1-5(2)9-14-8(12)6(3)10(15-9)18-11-13-7(4)16-17-11/h5H,1-4H3,(H2,12,14,15)(H,13,16,17). The van der Waals surface area contributed by atoms with Crippen LogP contribution in [0.3, 0.4) is 0 Å². The van der Waals surface area contributed by atoms with Crippen molar-refractivity contribution in [1.82, 2.24) is 25.1 Å². The molecule has 0 aromatic carbocycles. The molecule has 0 bridgehead atoms. The molecule has 0 aliphatic carbocycles. The van der Waals surface area contributed by atoms with E-state index in [1.54, 1.807) is 0 Å². The lowest BCUT2D eigenvalue weighted by molar-refractivity contribution is 0.750. The van der Waals surface area contributed by atoms with Gasteiger partial charge in [-0.25, -0.2) is 15.0 Å². The lowest BCUT2D eigenvalue weighted by atomic mass is 10.2. The molecule has 0 saturated heterocycles. The van der Waals surface area contributed by atoms with Crippen LogP contribution in [-0.4, -0.2) is 25.1 Å². The van der Waals surface area contributed by atoms with Gasteiger partial charge < -0.3 is 5.73 Å². The Hall–Kier alpha value is -1.63. The number of rotatable bonds is 3. The number of hydrogen-bond donors (Lipinski definition) is 2. The molecule has 0 amide bonds. The molecule has 0 fully saturated rings. The average molecular weight is 264 g/mol. The molecule has 96 valence electrons. The lowest BCUT2D eigenvalue weighted by Gasteiger charge is -2.10. The SMILES string of the molecule is Cc1nc(Sc2nc(C(C)C)nc(N)c2C)n[nH]1. The minimum absolute atomic E-state index is 0.237.